The van der Waals surface area contributed by atoms with E-state index in [0.29, 0.717) is 30.8 Å². The number of nitrogens with zero attached hydrogens (tertiary/aromatic N) is 3. The molecule has 0 radical (unpaired) electrons. The van der Waals surface area contributed by atoms with Crippen molar-refractivity contribution in [3.05, 3.63) is 23.8 Å². The number of aliphatic hydroxyl groups excluding tert-OH is 1. The second kappa shape index (κ2) is 5.25. The van der Waals surface area contributed by atoms with E-state index in [2.05, 4.69) is 23.8 Å². The summed E-state index contributed by atoms with van der Waals surface area (Å²) in [7, 11) is 0. The highest BCUT2D eigenvalue weighted by molar-refractivity contribution is 5.94. The molecule has 104 valence electrons. The SMILES string of the molecule is Cc1ncncc1C(=O)N1CCC(O)CC(C)(C)C1. The summed E-state index contributed by atoms with van der Waals surface area (Å²) in [4.78, 5) is 22.3. The van der Waals surface area contributed by atoms with Gasteiger partial charge in [0.2, 0.25) is 0 Å². The maximum atomic E-state index is 12.5. The number of carbonyl (C=O) groups is 1. The molecule has 5 heteroatoms. The van der Waals surface area contributed by atoms with Crippen molar-refractivity contribution < 1.29 is 9.90 Å². The minimum absolute atomic E-state index is 0.0414. The third kappa shape index (κ3) is 3.29. The van der Waals surface area contributed by atoms with Gasteiger partial charge in [0.1, 0.15) is 6.33 Å². The minimum atomic E-state index is -0.332. The van der Waals surface area contributed by atoms with Gasteiger partial charge in [-0.15, -0.1) is 0 Å². The molecular weight excluding hydrogens is 242 g/mol. The highest BCUT2D eigenvalue weighted by Gasteiger charge is 2.32. The summed E-state index contributed by atoms with van der Waals surface area (Å²) < 4.78 is 0. The summed E-state index contributed by atoms with van der Waals surface area (Å²) in [6, 6.07) is 0. The number of carbonyl (C=O) groups excluding carboxylic acids is 1. The van der Waals surface area contributed by atoms with E-state index in [4.69, 9.17) is 0 Å². The van der Waals surface area contributed by atoms with Crippen molar-refractivity contribution in [1.82, 2.24) is 14.9 Å². The fourth-order valence-corrected chi connectivity index (χ4v) is 2.65. The molecule has 1 N–H and O–H groups in total. The zero-order chi connectivity index (χ0) is 14.0. The molecule has 1 atom stereocenters. The Morgan fingerprint density at radius 1 is 1.53 bits per heavy atom. The number of hydrogen-bond donors (Lipinski definition) is 1. The maximum absolute atomic E-state index is 12.5. The third-order valence-electron chi connectivity index (χ3n) is 3.57. The van der Waals surface area contributed by atoms with Crippen molar-refractivity contribution in [2.24, 2.45) is 5.41 Å². The van der Waals surface area contributed by atoms with Crippen LogP contribution in [0.1, 0.15) is 42.7 Å². The zero-order valence-electron chi connectivity index (χ0n) is 11.8. The van der Waals surface area contributed by atoms with Crippen LogP contribution in [0.15, 0.2) is 12.5 Å². The molecule has 0 aromatic carbocycles. The predicted molar refractivity (Wildman–Crippen MR) is 71.7 cm³/mol. The van der Waals surface area contributed by atoms with Crippen molar-refractivity contribution in [3.8, 4) is 0 Å². The fourth-order valence-electron chi connectivity index (χ4n) is 2.65. The van der Waals surface area contributed by atoms with Gasteiger partial charge in [0.25, 0.3) is 5.91 Å². The minimum Gasteiger partial charge on any atom is -0.393 e. The monoisotopic (exact) mass is 263 g/mol. The predicted octanol–water partition coefficient (Wildman–Crippen LogP) is 1.41. The lowest BCUT2D eigenvalue weighted by atomic mass is 9.87. The molecule has 1 unspecified atom stereocenters. The van der Waals surface area contributed by atoms with Gasteiger partial charge >= 0.3 is 0 Å². The molecule has 2 heterocycles. The van der Waals surface area contributed by atoms with Gasteiger partial charge < -0.3 is 10.0 Å². The van der Waals surface area contributed by atoms with Crippen LogP contribution in [0.5, 0.6) is 0 Å². The third-order valence-corrected chi connectivity index (χ3v) is 3.57. The first-order valence-electron chi connectivity index (χ1n) is 6.63. The molecule has 0 bridgehead atoms. The van der Waals surface area contributed by atoms with E-state index >= 15 is 0 Å². The second-order valence-electron chi connectivity index (χ2n) is 6.06. The number of amides is 1. The van der Waals surface area contributed by atoms with Crippen LogP contribution < -0.4 is 0 Å². The highest BCUT2D eigenvalue weighted by atomic mass is 16.3. The van der Waals surface area contributed by atoms with Crippen LogP contribution in [-0.4, -0.2) is 45.1 Å². The topological polar surface area (TPSA) is 66.3 Å². The van der Waals surface area contributed by atoms with Gasteiger partial charge in [-0.2, -0.15) is 0 Å². The lowest BCUT2D eigenvalue weighted by Crippen LogP contribution is -2.38. The number of likely N-dealkylation sites (tertiary alicyclic amines) is 1. The van der Waals surface area contributed by atoms with Gasteiger partial charge in [0.05, 0.1) is 17.4 Å². The Labute approximate surface area is 113 Å². The van der Waals surface area contributed by atoms with Crippen LogP contribution in [0.2, 0.25) is 0 Å². The smallest absolute Gasteiger partial charge is 0.257 e. The van der Waals surface area contributed by atoms with Crippen molar-refractivity contribution in [2.45, 2.75) is 39.7 Å². The van der Waals surface area contributed by atoms with Crippen LogP contribution in [-0.2, 0) is 0 Å². The van der Waals surface area contributed by atoms with Gasteiger partial charge in [-0.1, -0.05) is 13.8 Å². The Bertz CT molecular complexity index is 474. The Morgan fingerprint density at radius 3 is 2.95 bits per heavy atom. The summed E-state index contributed by atoms with van der Waals surface area (Å²) in [5.74, 6) is -0.0414. The molecular formula is C14H21N3O2. The molecule has 0 aliphatic carbocycles. The lowest BCUT2D eigenvalue weighted by molar-refractivity contribution is 0.0703. The van der Waals surface area contributed by atoms with Crippen molar-refractivity contribution in [1.29, 1.82) is 0 Å². The summed E-state index contributed by atoms with van der Waals surface area (Å²) in [5.41, 5.74) is 1.17. The van der Waals surface area contributed by atoms with E-state index < -0.39 is 0 Å². The molecule has 0 saturated carbocycles. The van der Waals surface area contributed by atoms with Crippen LogP contribution >= 0.6 is 0 Å². The molecule has 1 aliphatic heterocycles. The Kier molecular flexibility index (Phi) is 3.85. The van der Waals surface area contributed by atoms with Gasteiger partial charge in [-0.3, -0.25) is 4.79 Å². The van der Waals surface area contributed by atoms with E-state index in [1.807, 2.05) is 11.8 Å². The molecule has 5 nitrogen and oxygen atoms in total. The molecule has 1 aromatic heterocycles. The molecule has 1 fully saturated rings. The molecule has 1 saturated heterocycles. The van der Waals surface area contributed by atoms with Crippen LogP contribution in [0.3, 0.4) is 0 Å². The standard InChI is InChI=1S/C14H21N3O2/c1-10-12(7-15-9-16-10)13(19)17-5-4-11(18)6-14(2,3)8-17/h7,9,11,18H,4-6,8H2,1-3H3. The van der Waals surface area contributed by atoms with Crippen molar-refractivity contribution in [3.63, 3.8) is 0 Å². The highest BCUT2D eigenvalue weighted by Crippen LogP contribution is 2.29. The number of hydrogen-bond acceptors (Lipinski definition) is 4. The maximum Gasteiger partial charge on any atom is 0.257 e. The number of aryl methyl sites for hydroxylation is 1. The largest absolute Gasteiger partial charge is 0.393 e. The molecule has 1 amide bonds. The Hall–Kier alpha value is -1.49. The first-order chi connectivity index (χ1) is 8.89. The summed E-state index contributed by atoms with van der Waals surface area (Å²) in [5, 5.41) is 9.89. The van der Waals surface area contributed by atoms with E-state index in [1.165, 1.54) is 6.33 Å². The average molecular weight is 263 g/mol. The fraction of sp³-hybridized carbons (Fsp3) is 0.643. The van der Waals surface area contributed by atoms with Gasteiger partial charge in [-0.05, 0) is 25.2 Å². The zero-order valence-corrected chi connectivity index (χ0v) is 11.8. The first kappa shape index (κ1) is 13.9. The lowest BCUT2D eigenvalue weighted by Gasteiger charge is -2.29. The van der Waals surface area contributed by atoms with Crippen LogP contribution in [0.4, 0.5) is 0 Å². The molecule has 19 heavy (non-hydrogen) atoms. The quantitative estimate of drug-likeness (QED) is 0.832. The molecule has 0 spiro atoms. The van der Waals surface area contributed by atoms with Crippen LogP contribution in [0.25, 0.3) is 0 Å². The molecule has 2 rings (SSSR count). The van der Waals surface area contributed by atoms with Crippen molar-refractivity contribution >= 4 is 5.91 Å². The van der Waals surface area contributed by atoms with E-state index in [9.17, 15) is 9.90 Å². The second-order valence-corrected chi connectivity index (χ2v) is 6.06. The van der Waals surface area contributed by atoms with Crippen LogP contribution in [0, 0.1) is 12.3 Å². The summed E-state index contributed by atoms with van der Waals surface area (Å²) in [6.45, 7) is 7.20. The number of aromatic nitrogens is 2. The first-order valence-corrected chi connectivity index (χ1v) is 6.63. The van der Waals surface area contributed by atoms with Gasteiger partial charge in [-0.25, -0.2) is 9.97 Å². The summed E-state index contributed by atoms with van der Waals surface area (Å²) in [6.07, 6.45) is 4.03. The molecule has 1 aromatic rings. The van der Waals surface area contributed by atoms with E-state index in [-0.39, 0.29) is 17.4 Å². The Morgan fingerprint density at radius 2 is 2.26 bits per heavy atom. The Balaban J connectivity index is 2.21. The van der Waals surface area contributed by atoms with Gasteiger partial charge in [0.15, 0.2) is 0 Å². The van der Waals surface area contributed by atoms with Crippen molar-refractivity contribution in [2.75, 3.05) is 13.1 Å². The average Bonchev–Trinajstić information content (AvgIpc) is 2.46. The van der Waals surface area contributed by atoms with Gasteiger partial charge in [0, 0.05) is 19.3 Å². The number of rotatable bonds is 1. The normalized spacial score (nSPS) is 22.9. The van der Waals surface area contributed by atoms with E-state index in [1.54, 1.807) is 6.20 Å². The summed E-state index contributed by atoms with van der Waals surface area (Å²) >= 11 is 0. The van der Waals surface area contributed by atoms with E-state index in [0.717, 1.165) is 6.42 Å². The number of aliphatic hydroxyl groups is 1. The molecule has 1 aliphatic rings.